The highest BCUT2D eigenvalue weighted by molar-refractivity contribution is 6.07. The minimum Gasteiger partial charge on any atom is -0.465 e. The van der Waals surface area contributed by atoms with Gasteiger partial charge >= 0.3 is 53.7 Å². The lowest BCUT2D eigenvalue weighted by molar-refractivity contribution is -0.152. The predicted molar refractivity (Wildman–Crippen MR) is 260 cm³/mol. The molecule has 3 saturated carbocycles. The zero-order valence-corrected chi connectivity index (χ0v) is 41.7. The van der Waals surface area contributed by atoms with E-state index >= 15 is 0 Å². The quantitative estimate of drug-likeness (QED) is 0.0231. The minimum absolute atomic E-state index is 0.0235. The fraction of sp³-hybridized carbons (Fsp3) is 0.491. The molecule has 398 valence electrons. The van der Waals surface area contributed by atoms with E-state index in [1.54, 1.807) is 0 Å². The molecule has 0 saturated heterocycles. The summed E-state index contributed by atoms with van der Waals surface area (Å²) in [6.45, 7) is 11.0. The minimum atomic E-state index is -0.843. The van der Waals surface area contributed by atoms with E-state index in [9.17, 15) is 47.9 Å². The van der Waals surface area contributed by atoms with Gasteiger partial charge in [-0.3, -0.25) is 33.6 Å². The molecule has 19 nitrogen and oxygen atoms in total. The van der Waals surface area contributed by atoms with Crippen molar-refractivity contribution in [1.29, 1.82) is 0 Å². The Labute approximate surface area is 429 Å². The number of carbonyl (C=O) groups is 10. The first-order valence-electron chi connectivity index (χ1n) is 25.0. The molecule has 3 aliphatic carbocycles. The van der Waals surface area contributed by atoms with Crippen LogP contribution in [0.15, 0.2) is 74.4 Å². The standard InChI is InChI=1S/C55H64O19/c1-5-44(56)42-32-40(71-51(61)36-16-12-34(13-17-36)49(59)69-30-10-8-28-67-47(57)6-2)24-26-45(42)73-53(63)38-20-22-39(23-21-38)54(64)74-46-27-25-41(33-43(46)55(65)66-4)72-52(62)37-18-14-35(15-19-37)50(60)70-31-11-9-29-68-48(58)7-3/h5-7,24-27,32-39H,1-3,8-23,28-31H2,4H3. The molecule has 0 aliphatic heterocycles. The second-order valence-electron chi connectivity index (χ2n) is 18.2. The van der Waals surface area contributed by atoms with Gasteiger partial charge in [0.25, 0.3) is 0 Å². The number of hydrogen-bond acceptors (Lipinski definition) is 19. The first-order valence-corrected chi connectivity index (χ1v) is 25.0. The Kier molecular flexibility index (Phi) is 22.8. The summed E-state index contributed by atoms with van der Waals surface area (Å²) in [5, 5.41) is 0. The Morgan fingerprint density at radius 1 is 0.419 bits per heavy atom. The molecule has 3 aliphatic rings. The molecule has 2 aromatic rings. The molecular formula is C55H64O19. The molecule has 0 heterocycles. The normalized spacial score (nSPS) is 20.2. The Morgan fingerprint density at radius 3 is 1.07 bits per heavy atom. The summed E-state index contributed by atoms with van der Waals surface area (Å²) in [5.74, 6) is -8.63. The molecule has 0 N–H and O–H groups in total. The average Bonchev–Trinajstić information content (AvgIpc) is 3.42. The van der Waals surface area contributed by atoms with Gasteiger partial charge in [-0.25, -0.2) is 14.4 Å². The van der Waals surface area contributed by atoms with Crippen LogP contribution >= 0.6 is 0 Å². The monoisotopic (exact) mass is 1030 g/mol. The number of ether oxygens (including phenoxy) is 9. The van der Waals surface area contributed by atoms with Crippen molar-refractivity contribution in [2.75, 3.05) is 33.5 Å². The summed E-state index contributed by atoms with van der Waals surface area (Å²) in [7, 11) is 1.15. The molecule has 0 atom stereocenters. The Bertz CT molecular complexity index is 2390. The highest BCUT2D eigenvalue weighted by Crippen LogP contribution is 2.36. The van der Waals surface area contributed by atoms with Crippen LogP contribution in [0.3, 0.4) is 0 Å². The van der Waals surface area contributed by atoms with Gasteiger partial charge in [0.2, 0.25) is 0 Å². The summed E-state index contributed by atoms with van der Waals surface area (Å²) < 4.78 is 48.1. The molecule has 0 bridgehead atoms. The highest BCUT2D eigenvalue weighted by Gasteiger charge is 2.36. The van der Waals surface area contributed by atoms with Gasteiger partial charge in [-0.05, 0) is 145 Å². The Balaban J connectivity index is 1.05. The maximum Gasteiger partial charge on any atom is 0.341 e. The SMILES string of the molecule is C=CC(=O)OCCCCOC(=O)C1CCC(C(=O)Oc2ccc(OC(=O)C3CCC(C(=O)Oc4ccc(OC(=O)C5CCC(C(=O)OCCCCOC(=O)C=C)CC5)cc4C(=O)OC)CC3)c(C(=O)C=C)c2)CC1. The molecule has 0 unspecified atom stereocenters. The third-order valence-corrected chi connectivity index (χ3v) is 13.2. The van der Waals surface area contributed by atoms with E-state index in [0.29, 0.717) is 77.0 Å². The van der Waals surface area contributed by atoms with E-state index in [1.165, 1.54) is 36.4 Å². The topological polar surface area (TPSA) is 254 Å². The second-order valence-corrected chi connectivity index (χ2v) is 18.2. The summed E-state index contributed by atoms with van der Waals surface area (Å²) in [6, 6.07) is 8.02. The van der Waals surface area contributed by atoms with Crippen LogP contribution in [0.2, 0.25) is 0 Å². The van der Waals surface area contributed by atoms with Gasteiger partial charge in [0.15, 0.2) is 5.78 Å². The van der Waals surface area contributed by atoms with Gasteiger partial charge in [0.05, 0.1) is 74.6 Å². The van der Waals surface area contributed by atoms with Crippen molar-refractivity contribution >= 4 is 59.5 Å². The zero-order chi connectivity index (χ0) is 53.6. The Hall–Kier alpha value is -7.44. The molecule has 0 radical (unpaired) electrons. The largest absolute Gasteiger partial charge is 0.465 e. The van der Waals surface area contributed by atoms with Crippen LogP contribution in [0.4, 0.5) is 0 Å². The number of unbranched alkanes of at least 4 members (excludes halogenated alkanes) is 2. The first kappa shape index (κ1) is 57.5. The summed E-state index contributed by atoms with van der Waals surface area (Å²) in [4.78, 5) is 126. The van der Waals surface area contributed by atoms with Crippen molar-refractivity contribution in [3.8, 4) is 23.0 Å². The van der Waals surface area contributed by atoms with Crippen LogP contribution in [0.5, 0.6) is 23.0 Å². The van der Waals surface area contributed by atoms with E-state index in [2.05, 4.69) is 19.7 Å². The molecule has 0 aromatic heterocycles. The van der Waals surface area contributed by atoms with Crippen molar-refractivity contribution in [2.24, 2.45) is 35.5 Å². The lowest BCUT2D eigenvalue weighted by atomic mass is 9.82. The predicted octanol–water partition coefficient (Wildman–Crippen LogP) is 7.69. The van der Waals surface area contributed by atoms with Crippen LogP contribution in [0.25, 0.3) is 0 Å². The number of ketones is 1. The Morgan fingerprint density at radius 2 is 0.730 bits per heavy atom. The summed E-state index contributed by atoms with van der Waals surface area (Å²) in [6.07, 6.45) is 9.49. The average molecular weight is 1030 g/mol. The number of carbonyl (C=O) groups excluding carboxylic acids is 10. The van der Waals surface area contributed by atoms with Crippen LogP contribution in [0.1, 0.15) is 123 Å². The molecule has 5 rings (SSSR count). The van der Waals surface area contributed by atoms with Crippen LogP contribution in [-0.4, -0.2) is 93.0 Å². The number of esters is 9. The highest BCUT2D eigenvalue weighted by atomic mass is 16.6. The molecular weight excluding hydrogens is 965 g/mol. The maximum atomic E-state index is 13.4. The van der Waals surface area contributed by atoms with Crippen molar-refractivity contribution in [2.45, 2.75) is 103 Å². The molecule has 3 fully saturated rings. The molecule has 74 heavy (non-hydrogen) atoms. The van der Waals surface area contributed by atoms with Crippen LogP contribution < -0.4 is 18.9 Å². The third-order valence-electron chi connectivity index (χ3n) is 13.2. The van der Waals surface area contributed by atoms with Crippen molar-refractivity contribution in [3.05, 3.63) is 85.5 Å². The van der Waals surface area contributed by atoms with Crippen molar-refractivity contribution in [3.63, 3.8) is 0 Å². The fourth-order valence-corrected chi connectivity index (χ4v) is 8.82. The summed E-state index contributed by atoms with van der Waals surface area (Å²) >= 11 is 0. The number of rotatable bonds is 25. The zero-order valence-electron chi connectivity index (χ0n) is 41.7. The molecule has 19 heteroatoms. The fourth-order valence-electron chi connectivity index (χ4n) is 8.82. The number of allylic oxidation sites excluding steroid dienone is 1. The first-order chi connectivity index (χ1) is 35.6. The van der Waals surface area contributed by atoms with Gasteiger partial charge in [-0.1, -0.05) is 19.7 Å². The van der Waals surface area contributed by atoms with Crippen molar-refractivity contribution < 1.29 is 90.6 Å². The lowest BCUT2D eigenvalue weighted by Crippen LogP contribution is -2.31. The van der Waals surface area contributed by atoms with Crippen LogP contribution in [-0.2, 0) is 62.0 Å². The number of hydrogen-bond donors (Lipinski definition) is 0. The third kappa shape index (κ3) is 17.4. The molecule has 2 aromatic carbocycles. The van der Waals surface area contributed by atoms with Gasteiger partial charge in [0.1, 0.15) is 28.6 Å². The van der Waals surface area contributed by atoms with E-state index < -0.39 is 71.2 Å². The number of benzene rings is 2. The molecule has 0 spiro atoms. The second kappa shape index (κ2) is 29.3. The maximum absolute atomic E-state index is 13.4. The van der Waals surface area contributed by atoms with Gasteiger partial charge in [0, 0.05) is 12.2 Å². The van der Waals surface area contributed by atoms with E-state index in [-0.39, 0.29) is 110 Å². The number of methoxy groups -OCH3 is 1. The van der Waals surface area contributed by atoms with E-state index in [0.717, 1.165) is 25.3 Å². The van der Waals surface area contributed by atoms with Gasteiger partial charge < -0.3 is 42.6 Å². The molecule has 0 amide bonds. The smallest absolute Gasteiger partial charge is 0.341 e. The van der Waals surface area contributed by atoms with Crippen molar-refractivity contribution in [1.82, 2.24) is 0 Å². The summed E-state index contributed by atoms with van der Waals surface area (Å²) in [5.41, 5.74) is -0.209. The van der Waals surface area contributed by atoms with Gasteiger partial charge in [-0.2, -0.15) is 0 Å². The van der Waals surface area contributed by atoms with Crippen LogP contribution in [0, 0.1) is 35.5 Å². The van der Waals surface area contributed by atoms with E-state index in [1.807, 2.05) is 0 Å². The lowest BCUT2D eigenvalue weighted by Gasteiger charge is -2.26. The van der Waals surface area contributed by atoms with Gasteiger partial charge in [-0.15, -0.1) is 0 Å². The van der Waals surface area contributed by atoms with E-state index in [4.69, 9.17) is 42.6 Å².